The highest BCUT2D eigenvalue weighted by Gasteiger charge is 2.13. The molecule has 0 aliphatic rings. The van der Waals surface area contributed by atoms with Crippen LogP contribution >= 0.6 is 0 Å². The maximum Gasteiger partial charge on any atom is 0.228 e. The molecule has 0 unspecified atom stereocenters. The molecule has 2 rings (SSSR count). The van der Waals surface area contributed by atoms with Crippen LogP contribution in [-0.2, 0) is 16.6 Å². The summed E-state index contributed by atoms with van der Waals surface area (Å²) in [7, 11) is 1.62. The van der Waals surface area contributed by atoms with Crippen molar-refractivity contribution in [3.8, 4) is 5.75 Å². The number of amides is 1. The van der Waals surface area contributed by atoms with E-state index in [9.17, 15) is 4.79 Å². The zero-order chi connectivity index (χ0) is 16.2. The predicted molar refractivity (Wildman–Crippen MR) is 90.5 cm³/mol. The van der Waals surface area contributed by atoms with Gasteiger partial charge in [-0.1, -0.05) is 45.0 Å². The second-order valence-electron chi connectivity index (χ2n) is 6.40. The Morgan fingerprint density at radius 2 is 1.77 bits per heavy atom. The highest BCUT2D eigenvalue weighted by atomic mass is 16.5. The minimum Gasteiger partial charge on any atom is -0.497 e. The number of carbonyl (C=O) groups excluding carboxylic acids is 1. The SMILES string of the molecule is COc1cccc(CC(=O)Nc2ccc(C(C)(C)C)cc2)c1. The summed E-state index contributed by atoms with van der Waals surface area (Å²) in [6.45, 7) is 6.51. The van der Waals surface area contributed by atoms with Gasteiger partial charge in [0.05, 0.1) is 13.5 Å². The molecule has 0 aliphatic carbocycles. The summed E-state index contributed by atoms with van der Waals surface area (Å²) in [4.78, 5) is 12.1. The van der Waals surface area contributed by atoms with Crippen molar-refractivity contribution in [1.29, 1.82) is 0 Å². The molecular formula is C19H23NO2. The lowest BCUT2D eigenvalue weighted by Gasteiger charge is -2.19. The zero-order valence-corrected chi connectivity index (χ0v) is 13.6. The molecule has 0 saturated heterocycles. The lowest BCUT2D eigenvalue weighted by Crippen LogP contribution is -2.15. The minimum atomic E-state index is -0.0308. The molecule has 2 aromatic rings. The molecule has 0 radical (unpaired) electrons. The molecule has 2 aromatic carbocycles. The Kier molecular flexibility index (Phi) is 4.86. The van der Waals surface area contributed by atoms with Crippen molar-refractivity contribution in [2.45, 2.75) is 32.6 Å². The zero-order valence-electron chi connectivity index (χ0n) is 13.6. The van der Waals surface area contributed by atoms with Crippen LogP contribution in [0.1, 0.15) is 31.9 Å². The molecule has 0 heterocycles. The molecule has 3 nitrogen and oxygen atoms in total. The van der Waals surface area contributed by atoms with Gasteiger partial charge >= 0.3 is 0 Å². The average Bonchev–Trinajstić information content (AvgIpc) is 2.47. The van der Waals surface area contributed by atoms with Crippen LogP contribution in [0.15, 0.2) is 48.5 Å². The molecule has 0 fully saturated rings. The van der Waals surface area contributed by atoms with Crippen molar-refractivity contribution >= 4 is 11.6 Å². The maximum atomic E-state index is 12.1. The van der Waals surface area contributed by atoms with Crippen LogP contribution in [0, 0.1) is 0 Å². The monoisotopic (exact) mass is 297 g/mol. The normalized spacial score (nSPS) is 11.1. The molecule has 3 heteroatoms. The van der Waals surface area contributed by atoms with Gasteiger partial charge in [0.15, 0.2) is 0 Å². The van der Waals surface area contributed by atoms with Crippen LogP contribution in [0.3, 0.4) is 0 Å². The number of methoxy groups -OCH3 is 1. The first kappa shape index (κ1) is 16.1. The lowest BCUT2D eigenvalue weighted by atomic mass is 9.87. The maximum absolute atomic E-state index is 12.1. The van der Waals surface area contributed by atoms with Gasteiger partial charge in [-0.3, -0.25) is 4.79 Å². The number of anilines is 1. The van der Waals surface area contributed by atoms with E-state index in [1.165, 1.54) is 5.56 Å². The highest BCUT2D eigenvalue weighted by molar-refractivity contribution is 5.92. The fourth-order valence-electron chi connectivity index (χ4n) is 2.23. The summed E-state index contributed by atoms with van der Waals surface area (Å²) in [5, 5.41) is 2.93. The summed E-state index contributed by atoms with van der Waals surface area (Å²) in [5.74, 6) is 0.733. The third-order valence-electron chi connectivity index (χ3n) is 3.53. The van der Waals surface area contributed by atoms with Gasteiger partial charge in [-0.25, -0.2) is 0 Å². The van der Waals surface area contributed by atoms with E-state index in [0.717, 1.165) is 17.0 Å². The summed E-state index contributed by atoms with van der Waals surface area (Å²) in [6, 6.07) is 15.6. The first-order valence-electron chi connectivity index (χ1n) is 7.42. The third kappa shape index (κ3) is 4.35. The van der Waals surface area contributed by atoms with Gasteiger partial charge in [0.25, 0.3) is 0 Å². The molecule has 0 atom stereocenters. The Morgan fingerprint density at radius 1 is 1.09 bits per heavy atom. The van der Waals surface area contributed by atoms with E-state index in [2.05, 4.69) is 38.2 Å². The first-order valence-corrected chi connectivity index (χ1v) is 7.42. The molecule has 116 valence electrons. The Morgan fingerprint density at radius 3 is 2.36 bits per heavy atom. The Labute approximate surface area is 132 Å². The first-order chi connectivity index (χ1) is 10.4. The summed E-state index contributed by atoms with van der Waals surface area (Å²) in [5.41, 5.74) is 3.12. The molecule has 0 aliphatic heterocycles. The molecule has 22 heavy (non-hydrogen) atoms. The van der Waals surface area contributed by atoms with E-state index in [-0.39, 0.29) is 11.3 Å². The van der Waals surface area contributed by atoms with Crippen molar-refractivity contribution in [2.24, 2.45) is 0 Å². The molecule has 0 spiro atoms. The fourth-order valence-corrected chi connectivity index (χ4v) is 2.23. The van der Waals surface area contributed by atoms with Crippen LogP contribution in [0.5, 0.6) is 5.75 Å². The van der Waals surface area contributed by atoms with Crippen molar-refractivity contribution in [1.82, 2.24) is 0 Å². The number of hydrogen-bond donors (Lipinski definition) is 1. The topological polar surface area (TPSA) is 38.3 Å². The molecule has 0 aromatic heterocycles. The Bertz CT molecular complexity index is 639. The fraction of sp³-hybridized carbons (Fsp3) is 0.316. The number of ether oxygens (including phenoxy) is 1. The third-order valence-corrected chi connectivity index (χ3v) is 3.53. The molecular weight excluding hydrogens is 274 g/mol. The van der Waals surface area contributed by atoms with E-state index in [0.29, 0.717) is 6.42 Å². The van der Waals surface area contributed by atoms with Crippen LogP contribution in [-0.4, -0.2) is 13.0 Å². The van der Waals surface area contributed by atoms with Crippen LogP contribution in [0.4, 0.5) is 5.69 Å². The van der Waals surface area contributed by atoms with Gasteiger partial charge < -0.3 is 10.1 Å². The van der Waals surface area contributed by atoms with Crippen molar-refractivity contribution in [2.75, 3.05) is 12.4 Å². The van der Waals surface area contributed by atoms with E-state index in [1.54, 1.807) is 7.11 Å². The van der Waals surface area contributed by atoms with Crippen LogP contribution < -0.4 is 10.1 Å². The van der Waals surface area contributed by atoms with Crippen molar-refractivity contribution in [3.05, 3.63) is 59.7 Å². The van der Waals surface area contributed by atoms with Crippen LogP contribution in [0.2, 0.25) is 0 Å². The van der Waals surface area contributed by atoms with Crippen LogP contribution in [0.25, 0.3) is 0 Å². The number of benzene rings is 2. The second kappa shape index (κ2) is 6.65. The van der Waals surface area contributed by atoms with E-state index >= 15 is 0 Å². The summed E-state index contributed by atoms with van der Waals surface area (Å²) >= 11 is 0. The van der Waals surface area contributed by atoms with Gasteiger partial charge in [0, 0.05) is 5.69 Å². The summed E-state index contributed by atoms with van der Waals surface area (Å²) < 4.78 is 5.17. The van der Waals surface area contributed by atoms with E-state index in [1.807, 2.05) is 36.4 Å². The van der Waals surface area contributed by atoms with Gasteiger partial charge in [-0.2, -0.15) is 0 Å². The van der Waals surface area contributed by atoms with Crippen molar-refractivity contribution < 1.29 is 9.53 Å². The van der Waals surface area contributed by atoms with E-state index in [4.69, 9.17) is 4.74 Å². The highest BCUT2D eigenvalue weighted by Crippen LogP contribution is 2.23. The number of rotatable bonds is 4. The predicted octanol–water partition coefficient (Wildman–Crippen LogP) is 4.17. The standard InChI is InChI=1S/C19H23NO2/c1-19(2,3)15-8-10-16(11-9-15)20-18(21)13-14-6-5-7-17(12-14)22-4/h5-12H,13H2,1-4H3,(H,20,21). The molecule has 0 saturated carbocycles. The molecule has 1 N–H and O–H groups in total. The number of hydrogen-bond acceptors (Lipinski definition) is 2. The van der Waals surface area contributed by atoms with Gasteiger partial charge in [0.2, 0.25) is 5.91 Å². The van der Waals surface area contributed by atoms with Gasteiger partial charge in [-0.05, 0) is 40.8 Å². The number of nitrogens with one attached hydrogen (secondary N) is 1. The Balaban J connectivity index is 1.99. The molecule has 0 bridgehead atoms. The quantitative estimate of drug-likeness (QED) is 0.919. The average molecular weight is 297 g/mol. The van der Waals surface area contributed by atoms with E-state index < -0.39 is 0 Å². The Hall–Kier alpha value is -2.29. The second-order valence-corrected chi connectivity index (χ2v) is 6.40. The minimum absolute atomic E-state index is 0.0308. The largest absolute Gasteiger partial charge is 0.497 e. The van der Waals surface area contributed by atoms with Crippen molar-refractivity contribution in [3.63, 3.8) is 0 Å². The van der Waals surface area contributed by atoms with Gasteiger partial charge in [-0.15, -0.1) is 0 Å². The molecule has 1 amide bonds. The van der Waals surface area contributed by atoms with Gasteiger partial charge in [0.1, 0.15) is 5.75 Å². The smallest absolute Gasteiger partial charge is 0.228 e. The lowest BCUT2D eigenvalue weighted by molar-refractivity contribution is -0.115. The summed E-state index contributed by atoms with van der Waals surface area (Å²) in [6.07, 6.45) is 0.332. The number of carbonyl (C=O) groups is 1.